The summed E-state index contributed by atoms with van der Waals surface area (Å²) in [5, 5.41) is 7.21. The summed E-state index contributed by atoms with van der Waals surface area (Å²) in [7, 11) is 0. The van der Waals surface area contributed by atoms with Crippen molar-refractivity contribution in [2.24, 2.45) is 17.3 Å². The largest absolute Gasteiger partial charge is 0.451 e. The van der Waals surface area contributed by atoms with Gasteiger partial charge in [-0.15, -0.1) is 0 Å². The fraction of sp³-hybridized carbons (Fsp3) is 0.545. The Kier molecular flexibility index (Phi) is 4.49. The average molecular weight is 368 g/mol. The van der Waals surface area contributed by atoms with Crippen LogP contribution >= 0.6 is 0 Å². The number of furan rings is 1. The molecule has 2 amide bonds. The third kappa shape index (κ3) is 3.60. The summed E-state index contributed by atoms with van der Waals surface area (Å²) in [5.74, 6) is 1.19. The Hall–Kier alpha value is -2.30. The van der Waals surface area contributed by atoms with Crippen molar-refractivity contribution in [1.29, 1.82) is 0 Å². The van der Waals surface area contributed by atoms with E-state index in [0.717, 1.165) is 30.2 Å². The second-order valence-electron chi connectivity index (χ2n) is 9.15. The first-order valence-corrected chi connectivity index (χ1v) is 9.90. The Morgan fingerprint density at radius 3 is 2.74 bits per heavy atom. The summed E-state index contributed by atoms with van der Waals surface area (Å²) in [5.41, 5.74) is 0.837. The van der Waals surface area contributed by atoms with Gasteiger partial charge in [-0.05, 0) is 48.6 Å². The lowest BCUT2D eigenvalue weighted by molar-refractivity contribution is -0.129. The first-order chi connectivity index (χ1) is 12.8. The Bertz CT molecular complexity index is 831. The molecule has 27 heavy (non-hydrogen) atoms. The molecule has 4 rings (SSSR count). The molecule has 2 N–H and O–H groups in total. The minimum atomic E-state index is -0.177. The molecule has 144 valence electrons. The van der Waals surface area contributed by atoms with Gasteiger partial charge in [0, 0.05) is 23.9 Å². The molecule has 1 aromatic carbocycles. The van der Waals surface area contributed by atoms with Gasteiger partial charge >= 0.3 is 0 Å². The lowest BCUT2D eigenvalue weighted by atomic mass is 9.62. The molecular weight excluding hydrogens is 340 g/mol. The van der Waals surface area contributed by atoms with Gasteiger partial charge in [0.05, 0.1) is 0 Å². The molecule has 1 aliphatic heterocycles. The Labute approximate surface area is 159 Å². The van der Waals surface area contributed by atoms with Crippen LogP contribution in [0.15, 0.2) is 34.7 Å². The molecule has 2 aliphatic rings. The number of nitrogens with one attached hydrogen (secondary N) is 2. The van der Waals surface area contributed by atoms with Gasteiger partial charge in [0.25, 0.3) is 5.91 Å². The number of hydrogen-bond acceptors (Lipinski definition) is 3. The van der Waals surface area contributed by atoms with Crippen LogP contribution in [-0.2, 0) is 4.79 Å². The van der Waals surface area contributed by atoms with Crippen molar-refractivity contribution in [2.75, 3.05) is 0 Å². The van der Waals surface area contributed by atoms with Gasteiger partial charge in [0.2, 0.25) is 5.91 Å². The number of piperidine rings is 1. The number of para-hydroxylation sites is 1. The van der Waals surface area contributed by atoms with Gasteiger partial charge in [0.1, 0.15) is 5.58 Å². The third-order valence-corrected chi connectivity index (χ3v) is 6.27. The zero-order valence-corrected chi connectivity index (χ0v) is 16.2. The maximum Gasteiger partial charge on any atom is 0.287 e. The molecule has 2 fully saturated rings. The lowest BCUT2D eigenvalue weighted by Crippen LogP contribution is -2.57. The smallest absolute Gasteiger partial charge is 0.287 e. The van der Waals surface area contributed by atoms with E-state index in [0.29, 0.717) is 24.0 Å². The van der Waals surface area contributed by atoms with E-state index in [4.69, 9.17) is 4.42 Å². The Morgan fingerprint density at radius 2 is 2.00 bits per heavy atom. The van der Waals surface area contributed by atoms with Crippen LogP contribution < -0.4 is 10.6 Å². The normalized spacial score (nSPS) is 28.5. The quantitative estimate of drug-likeness (QED) is 0.845. The molecule has 5 nitrogen and oxygen atoms in total. The first kappa shape index (κ1) is 18.1. The fourth-order valence-corrected chi connectivity index (χ4v) is 4.89. The second-order valence-corrected chi connectivity index (χ2v) is 9.15. The standard InChI is InChI=1S/C22H28N2O3/c1-22(2,3)16-12-20(25)24-17-11-14(8-9-15(16)17)23-21(26)19-10-13-6-4-5-7-18(13)27-19/h4-7,10,14-17H,8-9,11-12H2,1-3H3,(H,23,26)(H,24,25). The molecule has 0 radical (unpaired) electrons. The zero-order chi connectivity index (χ0) is 19.2. The van der Waals surface area contributed by atoms with Gasteiger partial charge in [-0.3, -0.25) is 9.59 Å². The van der Waals surface area contributed by atoms with Crippen molar-refractivity contribution in [3.8, 4) is 0 Å². The molecule has 4 atom stereocenters. The molecule has 2 aromatic rings. The third-order valence-electron chi connectivity index (χ3n) is 6.27. The molecule has 1 saturated heterocycles. The van der Waals surface area contributed by atoms with E-state index in [9.17, 15) is 9.59 Å². The summed E-state index contributed by atoms with van der Waals surface area (Å²) in [6.45, 7) is 6.67. The van der Waals surface area contributed by atoms with Gasteiger partial charge in [-0.2, -0.15) is 0 Å². The molecular formula is C22H28N2O3. The number of carbonyl (C=O) groups excluding carboxylic acids is 2. The van der Waals surface area contributed by atoms with Crippen LogP contribution in [0, 0.1) is 17.3 Å². The van der Waals surface area contributed by atoms with Gasteiger partial charge in [-0.1, -0.05) is 39.0 Å². The minimum Gasteiger partial charge on any atom is -0.451 e. The molecule has 1 saturated carbocycles. The van der Waals surface area contributed by atoms with E-state index < -0.39 is 0 Å². The highest BCUT2D eigenvalue weighted by atomic mass is 16.3. The summed E-state index contributed by atoms with van der Waals surface area (Å²) in [6, 6.07) is 9.61. The van der Waals surface area contributed by atoms with Crippen molar-refractivity contribution in [3.63, 3.8) is 0 Å². The highest BCUT2D eigenvalue weighted by molar-refractivity contribution is 5.96. The van der Waals surface area contributed by atoms with E-state index >= 15 is 0 Å². The van der Waals surface area contributed by atoms with E-state index in [2.05, 4.69) is 31.4 Å². The van der Waals surface area contributed by atoms with E-state index in [1.54, 1.807) is 6.07 Å². The van der Waals surface area contributed by atoms with E-state index in [1.807, 2.05) is 24.3 Å². The number of fused-ring (bicyclic) bond motifs is 2. The molecule has 0 bridgehead atoms. The SMILES string of the molecule is CC(C)(C)C1CC(=O)NC2CC(NC(=O)c3cc4ccccc4o3)CCC21. The van der Waals surface area contributed by atoms with Crippen LogP contribution in [0.25, 0.3) is 11.0 Å². The van der Waals surface area contributed by atoms with Crippen LogP contribution in [0.2, 0.25) is 0 Å². The highest BCUT2D eigenvalue weighted by Crippen LogP contribution is 2.44. The minimum absolute atomic E-state index is 0.0611. The number of amides is 2. The van der Waals surface area contributed by atoms with Crippen molar-refractivity contribution in [3.05, 3.63) is 36.1 Å². The molecule has 2 heterocycles. The molecule has 4 unspecified atom stereocenters. The average Bonchev–Trinajstić information content (AvgIpc) is 3.04. The predicted molar refractivity (Wildman–Crippen MR) is 104 cm³/mol. The van der Waals surface area contributed by atoms with Gasteiger partial charge in [0.15, 0.2) is 5.76 Å². The first-order valence-electron chi connectivity index (χ1n) is 9.90. The van der Waals surface area contributed by atoms with Crippen LogP contribution in [-0.4, -0.2) is 23.9 Å². The van der Waals surface area contributed by atoms with Crippen LogP contribution in [0.1, 0.15) is 57.0 Å². The van der Waals surface area contributed by atoms with Crippen molar-refractivity contribution in [1.82, 2.24) is 10.6 Å². The predicted octanol–water partition coefficient (Wildman–Crippen LogP) is 3.88. The molecule has 0 spiro atoms. The van der Waals surface area contributed by atoms with Crippen molar-refractivity contribution in [2.45, 2.75) is 58.5 Å². The number of hydrogen-bond donors (Lipinski definition) is 2. The summed E-state index contributed by atoms with van der Waals surface area (Å²) in [6.07, 6.45) is 3.36. The van der Waals surface area contributed by atoms with Gasteiger partial charge in [-0.25, -0.2) is 0 Å². The maximum atomic E-state index is 12.6. The van der Waals surface area contributed by atoms with Crippen LogP contribution in [0.3, 0.4) is 0 Å². The Balaban J connectivity index is 1.44. The highest BCUT2D eigenvalue weighted by Gasteiger charge is 2.45. The monoisotopic (exact) mass is 368 g/mol. The van der Waals surface area contributed by atoms with Crippen LogP contribution in [0.5, 0.6) is 0 Å². The molecule has 1 aliphatic carbocycles. The summed E-state index contributed by atoms with van der Waals surface area (Å²) < 4.78 is 5.68. The lowest BCUT2D eigenvalue weighted by Gasteiger charge is -2.48. The van der Waals surface area contributed by atoms with Gasteiger partial charge < -0.3 is 15.1 Å². The number of rotatable bonds is 2. The van der Waals surface area contributed by atoms with E-state index in [-0.39, 0.29) is 29.3 Å². The van der Waals surface area contributed by atoms with Crippen molar-refractivity contribution >= 4 is 22.8 Å². The number of carbonyl (C=O) groups is 2. The van der Waals surface area contributed by atoms with Crippen molar-refractivity contribution < 1.29 is 14.0 Å². The van der Waals surface area contributed by atoms with Crippen LogP contribution in [0.4, 0.5) is 0 Å². The summed E-state index contributed by atoms with van der Waals surface area (Å²) in [4.78, 5) is 24.8. The second kappa shape index (κ2) is 6.70. The summed E-state index contributed by atoms with van der Waals surface area (Å²) >= 11 is 0. The van der Waals surface area contributed by atoms with E-state index in [1.165, 1.54) is 0 Å². The fourth-order valence-electron chi connectivity index (χ4n) is 4.89. The zero-order valence-electron chi connectivity index (χ0n) is 16.2. The maximum absolute atomic E-state index is 12.6. The molecule has 1 aromatic heterocycles. The topological polar surface area (TPSA) is 71.3 Å². The Morgan fingerprint density at radius 1 is 1.22 bits per heavy atom. The molecule has 5 heteroatoms. The number of benzene rings is 1.